The van der Waals surface area contributed by atoms with E-state index < -0.39 is 0 Å². The Bertz CT molecular complexity index is 929. The second kappa shape index (κ2) is 13.6. The van der Waals surface area contributed by atoms with E-state index in [0.29, 0.717) is 6.04 Å². The first-order valence-electron chi connectivity index (χ1n) is 13.0. The fourth-order valence-electron chi connectivity index (χ4n) is 4.71. The van der Waals surface area contributed by atoms with Crippen LogP contribution in [-0.2, 0) is 17.6 Å². The summed E-state index contributed by atoms with van der Waals surface area (Å²) in [4.78, 5) is 16.0. The van der Waals surface area contributed by atoms with Crippen LogP contribution in [0.4, 0.5) is 10.1 Å². The molecule has 0 aromatic heterocycles. The number of aldehydes is 1. The number of hydrogen-bond acceptors (Lipinski definition) is 4. The number of carbonyl (C=O) groups is 1. The summed E-state index contributed by atoms with van der Waals surface area (Å²) in [6.07, 6.45) is 8.28. The van der Waals surface area contributed by atoms with Crippen molar-refractivity contribution in [2.75, 3.05) is 31.1 Å². The molecule has 1 fully saturated rings. The van der Waals surface area contributed by atoms with Crippen molar-refractivity contribution in [3.63, 3.8) is 0 Å². The molecule has 3 rings (SSSR count). The second-order valence-corrected chi connectivity index (χ2v) is 10.3. The molecule has 0 radical (unpaired) electrons. The van der Waals surface area contributed by atoms with Crippen LogP contribution in [0.3, 0.4) is 0 Å². The molecule has 1 heterocycles. The Morgan fingerprint density at radius 2 is 1.63 bits per heavy atom. The third kappa shape index (κ3) is 8.59. The number of hydrogen-bond donors (Lipinski definition) is 1. The Balaban J connectivity index is 1.58. The molecule has 2 atom stereocenters. The molecule has 0 saturated carbocycles. The molecule has 190 valence electrons. The highest BCUT2D eigenvalue weighted by Gasteiger charge is 2.25. The fraction of sp³-hybridized carbons (Fsp3) is 0.500. The molecule has 1 aliphatic heterocycles. The first kappa shape index (κ1) is 27.1. The molecule has 0 aliphatic carbocycles. The number of allylic oxidation sites excluding steroid dienone is 1. The van der Waals surface area contributed by atoms with Crippen LogP contribution in [0.5, 0.6) is 0 Å². The summed E-state index contributed by atoms with van der Waals surface area (Å²) >= 11 is 0. The quantitative estimate of drug-likeness (QED) is 0.327. The van der Waals surface area contributed by atoms with Crippen LogP contribution in [0.2, 0.25) is 0 Å². The maximum absolute atomic E-state index is 13.1. The molecule has 2 aromatic rings. The van der Waals surface area contributed by atoms with Crippen LogP contribution >= 0.6 is 0 Å². The Morgan fingerprint density at radius 1 is 1.06 bits per heavy atom. The normalized spacial score (nSPS) is 16.5. The minimum Gasteiger partial charge on any atom is -0.365 e. The van der Waals surface area contributed by atoms with E-state index in [-0.39, 0.29) is 17.8 Å². The molecule has 4 nitrogen and oxygen atoms in total. The van der Waals surface area contributed by atoms with Gasteiger partial charge in [0.15, 0.2) is 0 Å². The molecular formula is C30H42FN3O. The fourth-order valence-corrected chi connectivity index (χ4v) is 4.71. The summed E-state index contributed by atoms with van der Waals surface area (Å²) in [6.45, 7) is 10.5. The Kier molecular flexibility index (Phi) is 10.5. The number of nitrogens with zero attached hydrogens (tertiary/aromatic N) is 2. The van der Waals surface area contributed by atoms with Crippen LogP contribution < -0.4 is 10.6 Å². The van der Waals surface area contributed by atoms with Gasteiger partial charge in [-0.15, -0.1) is 0 Å². The average molecular weight is 480 g/mol. The van der Waals surface area contributed by atoms with Crippen molar-refractivity contribution in [3.05, 3.63) is 77.1 Å². The van der Waals surface area contributed by atoms with E-state index in [0.717, 1.165) is 70.1 Å². The SMILES string of the molecule is CC(C)=CCN(c1ccc(CCc2ccc(F)cc2)cc1)C1CCN(CCC(C)C(N)C=O)CC1. The zero-order valence-corrected chi connectivity index (χ0v) is 21.6. The molecule has 2 unspecified atom stereocenters. The summed E-state index contributed by atoms with van der Waals surface area (Å²) in [7, 11) is 0. The number of rotatable bonds is 12. The molecule has 35 heavy (non-hydrogen) atoms. The first-order chi connectivity index (χ1) is 16.9. The van der Waals surface area contributed by atoms with Gasteiger partial charge >= 0.3 is 0 Å². The van der Waals surface area contributed by atoms with Gasteiger partial charge in [0, 0.05) is 31.4 Å². The van der Waals surface area contributed by atoms with Crippen molar-refractivity contribution in [2.24, 2.45) is 11.7 Å². The van der Waals surface area contributed by atoms with Crippen molar-refractivity contribution in [1.29, 1.82) is 0 Å². The molecule has 1 saturated heterocycles. The number of halogens is 1. The smallest absolute Gasteiger partial charge is 0.136 e. The third-order valence-electron chi connectivity index (χ3n) is 7.29. The maximum Gasteiger partial charge on any atom is 0.136 e. The van der Waals surface area contributed by atoms with E-state index in [1.807, 2.05) is 12.1 Å². The molecule has 0 spiro atoms. The highest BCUT2D eigenvalue weighted by molar-refractivity contribution is 5.57. The van der Waals surface area contributed by atoms with Crippen molar-refractivity contribution >= 4 is 12.0 Å². The molecule has 5 heteroatoms. The minimum atomic E-state index is -0.356. The standard InChI is InChI=1S/C30H42FN3O/c1-23(2)14-21-34(29-16-19-33(20-17-29)18-15-24(3)30(32)22-35)28-12-8-26(9-13-28)5-4-25-6-10-27(31)11-7-25/h6-14,22,24,29-30H,4-5,15-21,32H2,1-3H3. The minimum absolute atomic E-state index is 0.183. The Morgan fingerprint density at radius 3 is 2.17 bits per heavy atom. The largest absolute Gasteiger partial charge is 0.365 e. The molecule has 2 N–H and O–H groups in total. The van der Waals surface area contributed by atoms with Gasteiger partial charge in [0.05, 0.1) is 6.04 Å². The van der Waals surface area contributed by atoms with Crippen molar-refractivity contribution in [1.82, 2.24) is 4.90 Å². The summed E-state index contributed by atoms with van der Waals surface area (Å²) in [5.41, 5.74) is 10.9. The Labute approximate surface area is 211 Å². The van der Waals surface area contributed by atoms with E-state index in [1.165, 1.54) is 29.0 Å². The van der Waals surface area contributed by atoms with Crippen LogP contribution in [0, 0.1) is 11.7 Å². The molecule has 1 aliphatic rings. The average Bonchev–Trinajstić information content (AvgIpc) is 2.87. The maximum atomic E-state index is 13.1. The lowest BCUT2D eigenvalue weighted by atomic mass is 9.97. The van der Waals surface area contributed by atoms with E-state index in [9.17, 15) is 9.18 Å². The summed E-state index contributed by atoms with van der Waals surface area (Å²) < 4.78 is 13.1. The number of anilines is 1. The summed E-state index contributed by atoms with van der Waals surface area (Å²) in [6, 6.07) is 16.0. The van der Waals surface area contributed by atoms with Gasteiger partial charge in [-0.25, -0.2) is 4.39 Å². The molecule has 2 aromatic carbocycles. The van der Waals surface area contributed by atoms with E-state index in [1.54, 1.807) is 0 Å². The molecule has 0 amide bonds. The van der Waals surface area contributed by atoms with Gasteiger partial charge in [-0.2, -0.15) is 0 Å². The second-order valence-electron chi connectivity index (χ2n) is 10.3. The number of piperidine rings is 1. The third-order valence-corrected chi connectivity index (χ3v) is 7.29. The van der Waals surface area contributed by atoms with Gasteiger partial charge in [-0.05, 0) is 93.8 Å². The monoisotopic (exact) mass is 479 g/mol. The highest BCUT2D eigenvalue weighted by Crippen LogP contribution is 2.25. The lowest BCUT2D eigenvalue weighted by Crippen LogP contribution is -2.46. The topological polar surface area (TPSA) is 49.6 Å². The number of benzene rings is 2. The van der Waals surface area contributed by atoms with Crippen molar-refractivity contribution in [3.8, 4) is 0 Å². The number of likely N-dealkylation sites (tertiary alicyclic amines) is 1. The van der Waals surface area contributed by atoms with Crippen LogP contribution in [0.1, 0.15) is 51.2 Å². The van der Waals surface area contributed by atoms with Gasteiger partial charge in [0.1, 0.15) is 12.1 Å². The van der Waals surface area contributed by atoms with Crippen LogP contribution in [0.25, 0.3) is 0 Å². The predicted molar refractivity (Wildman–Crippen MR) is 144 cm³/mol. The first-order valence-corrected chi connectivity index (χ1v) is 13.0. The van der Waals surface area contributed by atoms with Crippen molar-refractivity contribution in [2.45, 2.75) is 65.0 Å². The van der Waals surface area contributed by atoms with Gasteiger partial charge < -0.3 is 20.3 Å². The predicted octanol–water partition coefficient (Wildman–Crippen LogP) is 5.40. The lowest BCUT2D eigenvalue weighted by Gasteiger charge is -2.40. The van der Waals surface area contributed by atoms with Crippen molar-refractivity contribution < 1.29 is 9.18 Å². The Hall–Kier alpha value is -2.50. The van der Waals surface area contributed by atoms with E-state index in [2.05, 4.69) is 60.9 Å². The number of aryl methyl sites for hydroxylation is 2. The van der Waals surface area contributed by atoms with Crippen LogP contribution in [0.15, 0.2) is 60.2 Å². The number of nitrogens with two attached hydrogens (primary N) is 1. The molecule has 0 bridgehead atoms. The zero-order valence-electron chi connectivity index (χ0n) is 21.6. The number of carbonyl (C=O) groups excluding carboxylic acids is 1. The van der Waals surface area contributed by atoms with E-state index >= 15 is 0 Å². The van der Waals surface area contributed by atoms with Gasteiger partial charge in [-0.1, -0.05) is 42.8 Å². The van der Waals surface area contributed by atoms with Gasteiger partial charge in [-0.3, -0.25) is 0 Å². The molecular weight excluding hydrogens is 437 g/mol. The zero-order chi connectivity index (χ0) is 25.2. The van der Waals surface area contributed by atoms with E-state index in [4.69, 9.17) is 5.73 Å². The summed E-state index contributed by atoms with van der Waals surface area (Å²) in [5, 5.41) is 0. The lowest BCUT2D eigenvalue weighted by molar-refractivity contribution is -0.109. The summed E-state index contributed by atoms with van der Waals surface area (Å²) in [5.74, 6) is 0.0398. The highest BCUT2D eigenvalue weighted by atomic mass is 19.1. The van der Waals surface area contributed by atoms with Gasteiger partial charge in [0.2, 0.25) is 0 Å². The van der Waals surface area contributed by atoms with Gasteiger partial charge in [0.25, 0.3) is 0 Å². The van der Waals surface area contributed by atoms with Crippen LogP contribution in [-0.4, -0.2) is 49.4 Å².